The molecule has 0 aliphatic heterocycles. The Balaban J connectivity index is 3.13. The molecular formula is C13H16F3N3O2. The van der Waals surface area contributed by atoms with E-state index >= 15 is 0 Å². The van der Waals surface area contributed by atoms with E-state index in [1.165, 1.54) is 0 Å². The number of nitrogens with two attached hydrogens (primary N) is 1. The zero-order valence-corrected chi connectivity index (χ0v) is 11.8. The number of carbonyl (C=O) groups is 1. The number of hydrogen-bond donors (Lipinski definition) is 3. The highest BCUT2D eigenvalue weighted by Gasteiger charge is 2.31. The predicted molar refractivity (Wildman–Crippen MR) is 72.3 cm³/mol. The van der Waals surface area contributed by atoms with Crippen LogP contribution in [-0.4, -0.2) is 17.5 Å². The molecule has 0 unspecified atom stereocenters. The number of benzene rings is 1. The summed E-state index contributed by atoms with van der Waals surface area (Å²) < 4.78 is 43.0. The molecule has 0 aliphatic carbocycles. The Morgan fingerprint density at radius 3 is 2.29 bits per heavy atom. The number of carbonyl (C=O) groups excluding carboxylic acids is 1. The molecule has 0 bridgehead atoms. The molecule has 0 heterocycles. The Labute approximate surface area is 119 Å². The molecule has 1 aromatic carbocycles. The van der Waals surface area contributed by atoms with Crippen LogP contribution in [0.5, 0.6) is 0 Å². The smallest absolute Gasteiger partial charge is 0.416 e. The lowest BCUT2D eigenvalue weighted by atomic mass is 10.1. The van der Waals surface area contributed by atoms with Crippen molar-refractivity contribution in [3.8, 4) is 0 Å². The van der Waals surface area contributed by atoms with Crippen LogP contribution >= 0.6 is 0 Å². The lowest BCUT2D eigenvalue weighted by Crippen LogP contribution is -2.28. The molecule has 8 heteroatoms. The summed E-state index contributed by atoms with van der Waals surface area (Å²) in [4.78, 5) is 11.6. The van der Waals surface area contributed by atoms with E-state index in [9.17, 15) is 18.0 Å². The van der Waals surface area contributed by atoms with E-state index in [0.717, 1.165) is 12.1 Å². The van der Waals surface area contributed by atoms with Crippen LogP contribution in [0.15, 0.2) is 18.2 Å². The third-order valence-electron chi connectivity index (χ3n) is 2.27. The minimum absolute atomic E-state index is 0.0196. The van der Waals surface area contributed by atoms with Gasteiger partial charge in [-0.2, -0.15) is 13.2 Å². The number of anilines is 1. The van der Waals surface area contributed by atoms with Gasteiger partial charge in [0.05, 0.1) is 11.3 Å². The number of rotatable bonds is 2. The molecule has 0 spiro atoms. The molecule has 0 atom stereocenters. The Morgan fingerprint density at radius 1 is 1.29 bits per heavy atom. The van der Waals surface area contributed by atoms with Gasteiger partial charge in [0, 0.05) is 5.56 Å². The number of amidine groups is 1. The highest BCUT2D eigenvalue weighted by molar-refractivity contribution is 6.03. The van der Waals surface area contributed by atoms with Crippen molar-refractivity contribution >= 4 is 17.6 Å². The van der Waals surface area contributed by atoms with Crippen LogP contribution in [-0.2, 0) is 10.9 Å². The maximum Gasteiger partial charge on any atom is 0.416 e. The van der Waals surface area contributed by atoms with Crippen LogP contribution in [0.1, 0.15) is 31.9 Å². The van der Waals surface area contributed by atoms with Crippen molar-refractivity contribution in [2.45, 2.75) is 32.5 Å². The van der Waals surface area contributed by atoms with E-state index in [-0.39, 0.29) is 11.3 Å². The van der Waals surface area contributed by atoms with E-state index in [1.54, 1.807) is 20.8 Å². The SMILES string of the molecule is CC(C)(C)OC(=O)Nc1cc(C(F)(F)F)ccc1C(=N)N. The lowest BCUT2D eigenvalue weighted by Gasteiger charge is -2.20. The highest BCUT2D eigenvalue weighted by Crippen LogP contribution is 2.32. The van der Waals surface area contributed by atoms with Gasteiger partial charge in [-0.1, -0.05) is 0 Å². The van der Waals surface area contributed by atoms with Crippen molar-refractivity contribution in [3.63, 3.8) is 0 Å². The Kier molecular flexibility index (Phi) is 4.50. The molecule has 1 aromatic rings. The number of ether oxygens (including phenoxy) is 1. The number of amides is 1. The van der Waals surface area contributed by atoms with Crippen LogP contribution in [0.25, 0.3) is 0 Å². The molecule has 116 valence electrons. The van der Waals surface area contributed by atoms with Crippen molar-refractivity contribution < 1.29 is 22.7 Å². The zero-order valence-electron chi connectivity index (χ0n) is 11.8. The van der Waals surface area contributed by atoms with E-state index in [2.05, 4.69) is 5.32 Å². The largest absolute Gasteiger partial charge is 0.444 e. The highest BCUT2D eigenvalue weighted by atomic mass is 19.4. The molecule has 5 nitrogen and oxygen atoms in total. The van der Waals surface area contributed by atoms with Gasteiger partial charge in [-0.05, 0) is 39.0 Å². The summed E-state index contributed by atoms with van der Waals surface area (Å²) in [6.45, 7) is 4.85. The van der Waals surface area contributed by atoms with Gasteiger partial charge in [0.1, 0.15) is 11.4 Å². The molecule has 1 rings (SSSR count). The normalized spacial score (nSPS) is 11.9. The van der Waals surface area contributed by atoms with Gasteiger partial charge < -0.3 is 10.5 Å². The summed E-state index contributed by atoms with van der Waals surface area (Å²) in [6, 6.07) is 2.52. The summed E-state index contributed by atoms with van der Waals surface area (Å²) in [6.07, 6.45) is -5.50. The van der Waals surface area contributed by atoms with Crippen LogP contribution in [0, 0.1) is 5.41 Å². The average Bonchev–Trinajstić information content (AvgIpc) is 2.24. The molecule has 0 saturated carbocycles. The Bertz CT molecular complexity index is 563. The second-order valence-corrected chi connectivity index (χ2v) is 5.30. The van der Waals surface area contributed by atoms with Gasteiger partial charge in [0.2, 0.25) is 0 Å². The van der Waals surface area contributed by atoms with Crippen LogP contribution in [0.2, 0.25) is 0 Å². The van der Waals surface area contributed by atoms with Gasteiger partial charge in [-0.25, -0.2) is 4.79 Å². The fourth-order valence-corrected chi connectivity index (χ4v) is 1.47. The monoisotopic (exact) mass is 303 g/mol. The van der Waals surface area contributed by atoms with Crippen molar-refractivity contribution in [2.75, 3.05) is 5.32 Å². The van der Waals surface area contributed by atoms with Crippen molar-refractivity contribution in [2.24, 2.45) is 5.73 Å². The molecule has 4 N–H and O–H groups in total. The van der Waals surface area contributed by atoms with E-state index in [0.29, 0.717) is 6.07 Å². The Morgan fingerprint density at radius 2 is 1.86 bits per heavy atom. The van der Waals surface area contributed by atoms with Crippen molar-refractivity contribution in [1.29, 1.82) is 5.41 Å². The van der Waals surface area contributed by atoms with Gasteiger partial charge in [0.15, 0.2) is 0 Å². The zero-order chi connectivity index (χ0) is 16.4. The van der Waals surface area contributed by atoms with Crippen molar-refractivity contribution in [1.82, 2.24) is 0 Å². The van der Waals surface area contributed by atoms with E-state index in [1.807, 2.05) is 0 Å². The lowest BCUT2D eigenvalue weighted by molar-refractivity contribution is -0.137. The average molecular weight is 303 g/mol. The van der Waals surface area contributed by atoms with Gasteiger partial charge in [0.25, 0.3) is 0 Å². The second-order valence-electron chi connectivity index (χ2n) is 5.30. The minimum atomic E-state index is -4.57. The predicted octanol–water partition coefficient (Wildman–Crippen LogP) is 3.34. The number of nitrogen functional groups attached to an aromatic ring is 1. The maximum absolute atomic E-state index is 12.7. The molecule has 1 amide bonds. The van der Waals surface area contributed by atoms with E-state index in [4.69, 9.17) is 15.9 Å². The van der Waals surface area contributed by atoms with E-state index < -0.39 is 29.3 Å². The third-order valence-corrected chi connectivity index (χ3v) is 2.27. The molecule has 0 radical (unpaired) electrons. The fraction of sp³-hybridized carbons (Fsp3) is 0.385. The standard InChI is InChI=1S/C13H16F3N3O2/c1-12(2,3)21-11(20)19-9-6-7(13(14,15)16)4-5-8(9)10(17)18/h4-6H,1-3H3,(H3,17,18)(H,19,20). The maximum atomic E-state index is 12.7. The topological polar surface area (TPSA) is 88.2 Å². The molecule has 21 heavy (non-hydrogen) atoms. The third kappa shape index (κ3) is 4.97. The Hall–Kier alpha value is -2.25. The van der Waals surface area contributed by atoms with Gasteiger partial charge in [-0.15, -0.1) is 0 Å². The quantitative estimate of drug-likeness (QED) is 0.578. The summed E-state index contributed by atoms with van der Waals surface area (Å²) in [5.41, 5.74) is 3.27. The number of nitrogens with one attached hydrogen (secondary N) is 2. The van der Waals surface area contributed by atoms with Gasteiger partial charge in [-0.3, -0.25) is 10.7 Å². The summed E-state index contributed by atoms with van der Waals surface area (Å²) in [7, 11) is 0. The second kappa shape index (κ2) is 5.63. The molecule has 0 aromatic heterocycles. The first-order chi connectivity index (χ1) is 9.40. The number of halogens is 3. The summed E-state index contributed by atoms with van der Waals surface area (Å²) in [5, 5.41) is 9.51. The minimum Gasteiger partial charge on any atom is -0.444 e. The van der Waals surface area contributed by atoms with Crippen LogP contribution in [0.4, 0.5) is 23.7 Å². The van der Waals surface area contributed by atoms with Gasteiger partial charge >= 0.3 is 12.3 Å². The first-order valence-corrected chi connectivity index (χ1v) is 5.96. The summed E-state index contributed by atoms with van der Waals surface area (Å²) in [5.74, 6) is -0.463. The number of hydrogen-bond acceptors (Lipinski definition) is 3. The summed E-state index contributed by atoms with van der Waals surface area (Å²) >= 11 is 0. The molecule has 0 aliphatic rings. The first kappa shape index (κ1) is 16.8. The molecule has 0 saturated heterocycles. The van der Waals surface area contributed by atoms with Crippen molar-refractivity contribution in [3.05, 3.63) is 29.3 Å². The molecular weight excluding hydrogens is 287 g/mol. The molecule has 0 fully saturated rings. The fourth-order valence-electron chi connectivity index (χ4n) is 1.47. The van der Waals surface area contributed by atoms with Crippen LogP contribution in [0.3, 0.4) is 0 Å². The number of alkyl halides is 3. The first-order valence-electron chi connectivity index (χ1n) is 5.96. The van der Waals surface area contributed by atoms with Crippen LogP contribution < -0.4 is 11.1 Å².